The first-order valence-corrected chi connectivity index (χ1v) is 8.12. The zero-order chi connectivity index (χ0) is 16.6. The zero-order valence-corrected chi connectivity index (χ0v) is 13.7. The summed E-state index contributed by atoms with van der Waals surface area (Å²) in [6, 6.07) is 20.5. The van der Waals surface area contributed by atoms with E-state index < -0.39 is 0 Å². The summed E-state index contributed by atoms with van der Waals surface area (Å²) in [4.78, 5) is 11.2. The van der Waals surface area contributed by atoms with E-state index in [0.717, 1.165) is 36.6 Å². The molecule has 0 saturated carbocycles. The van der Waals surface area contributed by atoms with Crippen LogP contribution in [0, 0.1) is 0 Å². The highest BCUT2D eigenvalue weighted by Gasteiger charge is 2.09. The molecule has 2 aromatic heterocycles. The molecule has 0 fully saturated rings. The third kappa shape index (κ3) is 4.29. The molecule has 0 aliphatic rings. The molecule has 0 aliphatic heterocycles. The fourth-order valence-corrected chi connectivity index (χ4v) is 2.59. The highest BCUT2D eigenvalue weighted by atomic mass is 15.2. The summed E-state index contributed by atoms with van der Waals surface area (Å²) in [5, 5.41) is 0. The van der Waals surface area contributed by atoms with E-state index >= 15 is 0 Å². The minimum Gasteiger partial charge on any atom is -0.352 e. The molecule has 3 heteroatoms. The molecule has 0 saturated heterocycles. The van der Waals surface area contributed by atoms with Gasteiger partial charge < -0.3 is 4.90 Å². The second-order valence-electron chi connectivity index (χ2n) is 5.63. The molecule has 0 radical (unpaired) electrons. The third-order valence-corrected chi connectivity index (χ3v) is 3.93. The molecular formula is C21H21N3. The molecule has 0 unspecified atom stereocenters. The molecule has 24 heavy (non-hydrogen) atoms. The minimum atomic E-state index is 0.821. The summed E-state index contributed by atoms with van der Waals surface area (Å²) < 4.78 is 0. The summed E-state index contributed by atoms with van der Waals surface area (Å²) >= 11 is 0. The molecule has 2 heterocycles. The van der Waals surface area contributed by atoms with Crippen molar-refractivity contribution in [2.24, 2.45) is 0 Å². The average molecular weight is 315 g/mol. The van der Waals surface area contributed by atoms with Crippen LogP contribution in [-0.4, -0.2) is 16.5 Å². The number of pyridine rings is 2. The zero-order valence-electron chi connectivity index (χ0n) is 13.7. The maximum absolute atomic E-state index is 4.51. The van der Waals surface area contributed by atoms with Crippen LogP contribution in [0.4, 0.5) is 5.82 Å². The normalized spacial score (nSPS) is 10.3. The number of benzene rings is 1. The lowest BCUT2D eigenvalue weighted by Gasteiger charge is -2.24. The van der Waals surface area contributed by atoms with Gasteiger partial charge in [0.05, 0.1) is 0 Å². The third-order valence-electron chi connectivity index (χ3n) is 3.93. The quantitative estimate of drug-likeness (QED) is 0.648. The first kappa shape index (κ1) is 15.9. The van der Waals surface area contributed by atoms with Crippen molar-refractivity contribution in [1.82, 2.24) is 9.97 Å². The van der Waals surface area contributed by atoms with Crippen LogP contribution in [0.5, 0.6) is 0 Å². The van der Waals surface area contributed by atoms with Gasteiger partial charge in [-0.3, -0.25) is 4.98 Å². The van der Waals surface area contributed by atoms with Crippen LogP contribution in [0.2, 0.25) is 0 Å². The predicted octanol–water partition coefficient (Wildman–Crippen LogP) is 4.37. The van der Waals surface area contributed by atoms with Gasteiger partial charge in [-0.15, -0.1) is 0 Å². The Morgan fingerprint density at radius 3 is 2.25 bits per heavy atom. The van der Waals surface area contributed by atoms with Gasteiger partial charge in [-0.25, -0.2) is 4.98 Å². The Morgan fingerprint density at radius 2 is 1.62 bits per heavy atom. The molecule has 0 bridgehead atoms. The van der Waals surface area contributed by atoms with Crippen LogP contribution in [0.3, 0.4) is 0 Å². The largest absolute Gasteiger partial charge is 0.352 e. The first-order valence-electron chi connectivity index (χ1n) is 8.12. The van der Waals surface area contributed by atoms with Crippen molar-refractivity contribution in [2.45, 2.75) is 13.0 Å². The van der Waals surface area contributed by atoms with E-state index in [9.17, 15) is 0 Å². The van der Waals surface area contributed by atoms with Gasteiger partial charge in [-0.05, 0) is 35.4 Å². The average Bonchev–Trinajstić information content (AvgIpc) is 2.67. The minimum absolute atomic E-state index is 0.821. The molecule has 3 rings (SSSR count). The lowest BCUT2D eigenvalue weighted by molar-refractivity contribution is 0.758. The molecule has 0 spiro atoms. The monoisotopic (exact) mass is 315 g/mol. The summed E-state index contributed by atoms with van der Waals surface area (Å²) in [5.74, 6) is 0.987. The second-order valence-corrected chi connectivity index (χ2v) is 5.63. The van der Waals surface area contributed by atoms with Crippen LogP contribution >= 0.6 is 0 Å². The summed E-state index contributed by atoms with van der Waals surface area (Å²) in [7, 11) is 0. The Kier molecular flexibility index (Phi) is 5.36. The Bertz CT molecular complexity index is 752. The number of hydrogen-bond donors (Lipinski definition) is 0. The molecule has 3 nitrogen and oxygen atoms in total. The number of hydrogen-bond acceptors (Lipinski definition) is 3. The van der Waals surface area contributed by atoms with Gasteiger partial charge in [0.2, 0.25) is 0 Å². The number of anilines is 1. The van der Waals surface area contributed by atoms with Crippen LogP contribution in [0.15, 0.2) is 79.6 Å². The standard InChI is InChI=1S/C21H21N3/c1-2-18-9-11-19(12-10-18)17-24(21-8-4-6-15-23-21)16-13-20-7-3-5-14-22-20/h2-12,14-15H,1,13,16-17H2. The van der Waals surface area contributed by atoms with Gasteiger partial charge in [-0.2, -0.15) is 0 Å². The highest BCUT2D eigenvalue weighted by Crippen LogP contribution is 2.15. The highest BCUT2D eigenvalue weighted by molar-refractivity contribution is 5.48. The van der Waals surface area contributed by atoms with Crippen molar-refractivity contribution in [3.63, 3.8) is 0 Å². The van der Waals surface area contributed by atoms with E-state index in [2.05, 4.69) is 57.8 Å². The SMILES string of the molecule is C=Cc1ccc(CN(CCc2ccccn2)c2ccccn2)cc1. The summed E-state index contributed by atoms with van der Waals surface area (Å²) in [6.45, 7) is 5.50. The topological polar surface area (TPSA) is 29.0 Å². The number of nitrogens with zero attached hydrogens (tertiary/aromatic N) is 3. The molecule has 120 valence electrons. The van der Waals surface area contributed by atoms with Crippen molar-refractivity contribution in [3.05, 3.63) is 96.5 Å². The maximum atomic E-state index is 4.51. The molecule has 0 N–H and O–H groups in total. The lowest BCUT2D eigenvalue weighted by atomic mass is 10.1. The van der Waals surface area contributed by atoms with Crippen LogP contribution in [0.25, 0.3) is 6.08 Å². The number of rotatable bonds is 7. The van der Waals surface area contributed by atoms with E-state index in [1.54, 1.807) is 0 Å². The molecule has 0 atom stereocenters. The molecule has 0 amide bonds. The van der Waals surface area contributed by atoms with Crippen LogP contribution in [0.1, 0.15) is 16.8 Å². The van der Waals surface area contributed by atoms with E-state index in [4.69, 9.17) is 0 Å². The Morgan fingerprint density at radius 1 is 0.875 bits per heavy atom. The van der Waals surface area contributed by atoms with Gasteiger partial charge in [0.25, 0.3) is 0 Å². The van der Waals surface area contributed by atoms with Crippen molar-refractivity contribution in [1.29, 1.82) is 0 Å². The fraction of sp³-hybridized carbons (Fsp3) is 0.143. The van der Waals surface area contributed by atoms with Crippen molar-refractivity contribution < 1.29 is 0 Å². The second kappa shape index (κ2) is 8.06. The van der Waals surface area contributed by atoms with Gasteiger partial charge in [0.15, 0.2) is 0 Å². The van der Waals surface area contributed by atoms with Crippen molar-refractivity contribution in [2.75, 3.05) is 11.4 Å². The predicted molar refractivity (Wildman–Crippen MR) is 99.8 cm³/mol. The number of aromatic nitrogens is 2. The first-order chi connectivity index (χ1) is 11.8. The van der Waals surface area contributed by atoms with Gasteiger partial charge >= 0.3 is 0 Å². The molecule has 3 aromatic rings. The lowest BCUT2D eigenvalue weighted by Crippen LogP contribution is -2.26. The van der Waals surface area contributed by atoms with E-state index in [1.807, 2.05) is 42.7 Å². The molecule has 1 aromatic carbocycles. The van der Waals surface area contributed by atoms with Gasteiger partial charge in [-0.1, -0.05) is 49.1 Å². The maximum Gasteiger partial charge on any atom is 0.128 e. The van der Waals surface area contributed by atoms with Crippen molar-refractivity contribution in [3.8, 4) is 0 Å². The van der Waals surface area contributed by atoms with Gasteiger partial charge in [0, 0.05) is 37.6 Å². The van der Waals surface area contributed by atoms with E-state index in [0.29, 0.717) is 0 Å². The van der Waals surface area contributed by atoms with E-state index in [1.165, 1.54) is 5.56 Å². The van der Waals surface area contributed by atoms with Crippen LogP contribution < -0.4 is 4.90 Å². The van der Waals surface area contributed by atoms with Crippen LogP contribution in [-0.2, 0) is 13.0 Å². The summed E-state index contributed by atoms with van der Waals surface area (Å²) in [6.07, 6.45) is 6.43. The Labute approximate surface area is 143 Å². The van der Waals surface area contributed by atoms with Crippen molar-refractivity contribution >= 4 is 11.9 Å². The Balaban J connectivity index is 1.75. The fourth-order valence-electron chi connectivity index (χ4n) is 2.59. The molecular weight excluding hydrogens is 294 g/mol. The summed E-state index contributed by atoms with van der Waals surface area (Å²) in [5.41, 5.74) is 3.49. The van der Waals surface area contributed by atoms with E-state index in [-0.39, 0.29) is 0 Å². The Hall–Kier alpha value is -2.94. The smallest absolute Gasteiger partial charge is 0.128 e. The van der Waals surface area contributed by atoms with Gasteiger partial charge in [0.1, 0.15) is 5.82 Å². The molecule has 0 aliphatic carbocycles.